The molecule has 5 heterocycles. The first-order valence-electron chi connectivity index (χ1n) is 16.5. The third kappa shape index (κ3) is 5.67. The zero-order chi connectivity index (χ0) is 33.2. The lowest BCUT2D eigenvalue weighted by Gasteiger charge is -2.35. The fourth-order valence-corrected chi connectivity index (χ4v) is 9.87. The Morgan fingerprint density at radius 3 is 2.49 bits per heavy atom. The number of pyridine rings is 1. The van der Waals surface area contributed by atoms with Crippen LogP contribution in [-0.4, -0.2) is 56.4 Å². The summed E-state index contributed by atoms with van der Waals surface area (Å²) in [5.74, 6) is 0.527. The standard InChI is InChI=1S/C37H42FN6O2P/c1-22(2)43-14-12-23(13-15-43)24-10-11-33(39-19-24)41-30-18-32-27-8-7-9-31(28(27)21-47(32)42(6)35(30)45)44-36(46)34-25(20-40-44)16-26(17-29(34)38)37(3,4)5/h7-11,16-20,22-23,32H,12-15,21H2,1-6H3,(H,39,41). The van der Waals surface area contributed by atoms with Crippen molar-refractivity contribution in [2.45, 2.75) is 76.7 Å². The van der Waals surface area contributed by atoms with Gasteiger partial charge >= 0.3 is 0 Å². The summed E-state index contributed by atoms with van der Waals surface area (Å²) in [4.78, 5) is 34.5. The van der Waals surface area contributed by atoms with E-state index in [9.17, 15) is 9.59 Å². The molecule has 4 aromatic rings. The fraction of sp³-hybridized carbons (Fsp3) is 0.405. The molecule has 1 N–H and O–H groups in total. The Balaban J connectivity index is 1.17. The smallest absolute Gasteiger partial charge is 0.282 e. The first kappa shape index (κ1) is 31.6. The number of aromatic nitrogens is 3. The molecule has 10 heteroatoms. The SMILES string of the molecule is CC(C)N1CCC(c2ccc(NC3=CC4c5cccc(-n6ncc7cc(C(C)(C)C)cc(F)c7c6=O)c5CP4N(C)C3=O)nc2)CC1. The molecule has 47 heavy (non-hydrogen) atoms. The molecule has 1 fully saturated rings. The number of anilines is 1. The Hall–Kier alpha value is -3.94. The highest BCUT2D eigenvalue weighted by Gasteiger charge is 2.42. The minimum Gasteiger partial charge on any atom is -0.336 e. The summed E-state index contributed by atoms with van der Waals surface area (Å²) in [6.45, 7) is 12.7. The molecule has 0 aliphatic carbocycles. The second kappa shape index (κ2) is 11.9. The molecule has 0 bridgehead atoms. The predicted octanol–water partition coefficient (Wildman–Crippen LogP) is 7.22. The maximum Gasteiger partial charge on any atom is 0.282 e. The van der Waals surface area contributed by atoms with Crippen LogP contribution in [0.4, 0.5) is 10.2 Å². The molecular weight excluding hydrogens is 610 g/mol. The van der Waals surface area contributed by atoms with Crippen LogP contribution in [0.15, 0.2) is 71.4 Å². The lowest BCUT2D eigenvalue weighted by atomic mass is 9.86. The molecule has 2 atom stereocenters. The number of carbonyl (C=O) groups excluding carboxylic acids is 1. The highest BCUT2D eigenvalue weighted by atomic mass is 31.1. The Labute approximate surface area is 276 Å². The van der Waals surface area contributed by atoms with Gasteiger partial charge in [0, 0.05) is 44.6 Å². The molecule has 0 spiro atoms. The Morgan fingerprint density at radius 1 is 1.04 bits per heavy atom. The van der Waals surface area contributed by atoms with Crippen molar-refractivity contribution < 1.29 is 9.18 Å². The van der Waals surface area contributed by atoms with Gasteiger partial charge in [-0.3, -0.25) is 9.59 Å². The Bertz CT molecular complexity index is 1960. The molecule has 8 nitrogen and oxygen atoms in total. The molecule has 3 aliphatic rings. The van der Waals surface area contributed by atoms with E-state index in [4.69, 9.17) is 4.98 Å². The van der Waals surface area contributed by atoms with E-state index >= 15 is 4.39 Å². The largest absolute Gasteiger partial charge is 0.336 e. The molecule has 0 radical (unpaired) electrons. The summed E-state index contributed by atoms with van der Waals surface area (Å²) in [5, 5.41) is 8.35. The number of carbonyl (C=O) groups is 1. The van der Waals surface area contributed by atoms with Gasteiger partial charge in [-0.25, -0.2) is 9.37 Å². The molecule has 1 amide bonds. The number of benzene rings is 2. The summed E-state index contributed by atoms with van der Waals surface area (Å²) >= 11 is 0. The molecule has 7 rings (SSSR count). The zero-order valence-corrected chi connectivity index (χ0v) is 28.8. The van der Waals surface area contributed by atoms with Gasteiger partial charge in [-0.1, -0.05) is 39.0 Å². The molecule has 2 unspecified atom stereocenters. The van der Waals surface area contributed by atoms with Gasteiger partial charge in [0.1, 0.15) is 17.3 Å². The van der Waals surface area contributed by atoms with Crippen LogP contribution in [0.1, 0.15) is 81.3 Å². The number of allylic oxidation sites excluding steroid dienone is 1. The van der Waals surface area contributed by atoms with Crippen LogP contribution in [0.3, 0.4) is 0 Å². The number of nitrogens with zero attached hydrogens (tertiary/aromatic N) is 5. The first-order chi connectivity index (χ1) is 22.4. The van der Waals surface area contributed by atoms with E-state index in [0.29, 0.717) is 40.7 Å². The maximum atomic E-state index is 15.4. The number of rotatable bonds is 5. The summed E-state index contributed by atoms with van der Waals surface area (Å²) in [5.41, 5.74) is 4.44. The van der Waals surface area contributed by atoms with Crippen LogP contribution < -0.4 is 10.9 Å². The van der Waals surface area contributed by atoms with Crippen molar-refractivity contribution in [3.05, 3.63) is 105 Å². The van der Waals surface area contributed by atoms with E-state index in [1.54, 1.807) is 6.20 Å². The lowest BCUT2D eigenvalue weighted by molar-refractivity contribution is -0.121. The number of likely N-dealkylation sites (tertiary alicyclic amines) is 1. The Kier molecular flexibility index (Phi) is 8.04. The van der Waals surface area contributed by atoms with Crippen molar-refractivity contribution in [1.82, 2.24) is 24.3 Å². The van der Waals surface area contributed by atoms with Crippen LogP contribution in [-0.2, 0) is 16.4 Å². The molecule has 2 aromatic carbocycles. The van der Waals surface area contributed by atoms with Crippen molar-refractivity contribution >= 4 is 30.6 Å². The molecule has 0 saturated carbocycles. The van der Waals surface area contributed by atoms with Crippen molar-refractivity contribution in [2.75, 3.05) is 25.5 Å². The third-order valence-electron chi connectivity index (χ3n) is 10.1. The third-order valence-corrected chi connectivity index (χ3v) is 12.8. The topological polar surface area (TPSA) is 83.4 Å². The van der Waals surface area contributed by atoms with E-state index in [-0.39, 0.29) is 22.4 Å². The average molecular weight is 653 g/mol. The fourth-order valence-electron chi connectivity index (χ4n) is 7.19. The summed E-state index contributed by atoms with van der Waals surface area (Å²) in [6, 6.07) is 13.8. The molecule has 3 aliphatic heterocycles. The zero-order valence-electron chi connectivity index (χ0n) is 27.9. The van der Waals surface area contributed by atoms with Gasteiger partial charge < -0.3 is 14.9 Å². The minimum atomic E-state index is -0.919. The van der Waals surface area contributed by atoms with Crippen molar-refractivity contribution in [3.63, 3.8) is 0 Å². The number of fused-ring (bicyclic) bond motifs is 4. The van der Waals surface area contributed by atoms with Gasteiger partial charge in [0.25, 0.3) is 11.5 Å². The molecule has 244 valence electrons. The second-order valence-corrected chi connectivity index (χ2v) is 16.7. The lowest BCUT2D eigenvalue weighted by Crippen LogP contribution is -2.37. The van der Waals surface area contributed by atoms with Crippen LogP contribution >= 0.6 is 8.07 Å². The van der Waals surface area contributed by atoms with Crippen LogP contribution in [0.2, 0.25) is 0 Å². The van der Waals surface area contributed by atoms with Crippen LogP contribution in [0.5, 0.6) is 0 Å². The van der Waals surface area contributed by atoms with E-state index in [1.165, 1.54) is 16.3 Å². The van der Waals surface area contributed by atoms with Crippen molar-refractivity contribution in [2.24, 2.45) is 0 Å². The normalized spacial score (nSPS) is 20.5. The van der Waals surface area contributed by atoms with Crippen LogP contribution in [0.25, 0.3) is 16.5 Å². The van der Waals surface area contributed by atoms with Gasteiger partial charge in [0.15, 0.2) is 0 Å². The van der Waals surface area contributed by atoms with Crippen molar-refractivity contribution in [1.29, 1.82) is 0 Å². The van der Waals surface area contributed by atoms with E-state index in [1.807, 2.05) is 69.0 Å². The predicted molar refractivity (Wildman–Crippen MR) is 187 cm³/mol. The van der Waals surface area contributed by atoms with Gasteiger partial charge in [-0.15, -0.1) is 0 Å². The molecule has 1 saturated heterocycles. The van der Waals surface area contributed by atoms with Crippen molar-refractivity contribution in [3.8, 4) is 5.69 Å². The summed E-state index contributed by atoms with van der Waals surface area (Å²) in [6.07, 6.45) is 8.42. The average Bonchev–Trinajstić information content (AvgIpc) is 3.42. The van der Waals surface area contributed by atoms with Gasteiger partial charge in [0.05, 0.1) is 17.3 Å². The van der Waals surface area contributed by atoms with Gasteiger partial charge in [-0.2, -0.15) is 9.78 Å². The highest BCUT2D eigenvalue weighted by molar-refractivity contribution is 7.56. The minimum absolute atomic E-state index is 0.0159. The Morgan fingerprint density at radius 2 is 1.81 bits per heavy atom. The van der Waals surface area contributed by atoms with E-state index in [2.05, 4.69) is 41.3 Å². The number of hydrogen-bond acceptors (Lipinski definition) is 6. The second-order valence-electron chi connectivity index (χ2n) is 14.3. The van der Waals surface area contributed by atoms with E-state index < -0.39 is 19.4 Å². The van der Waals surface area contributed by atoms with Gasteiger partial charge in [0.2, 0.25) is 0 Å². The highest BCUT2D eigenvalue weighted by Crippen LogP contribution is 2.65. The monoisotopic (exact) mass is 652 g/mol. The number of halogens is 1. The number of likely N-dealkylation sites (N-methyl/N-ethyl adjacent to an activating group) is 1. The number of amides is 1. The molecule has 2 aromatic heterocycles. The number of piperidine rings is 1. The van der Waals surface area contributed by atoms with E-state index in [0.717, 1.165) is 42.6 Å². The number of hydrogen-bond donors (Lipinski definition) is 1. The summed E-state index contributed by atoms with van der Waals surface area (Å²) in [7, 11) is 0.932. The summed E-state index contributed by atoms with van der Waals surface area (Å²) < 4.78 is 18.6. The van der Waals surface area contributed by atoms with Crippen LogP contribution in [0, 0.1) is 5.82 Å². The molecular formula is C37H42FN6O2P. The first-order valence-corrected chi connectivity index (χ1v) is 18.0. The maximum absolute atomic E-state index is 15.4. The number of nitrogens with one attached hydrogen (secondary N) is 1. The van der Waals surface area contributed by atoms with Gasteiger partial charge in [-0.05, 0) is 104 Å². The quantitative estimate of drug-likeness (QED) is 0.229.